The summed E-state index contributed by atoms with van der Waals surface area (Å²) >= 11 is 0. The monoisotopic (exact) mass is 648 g/mol. The van der Waals surface area contributed by atoms with Gasteiger partial charge in [-0.05, 0) is 66.6 Å². The van der Waals surface area contributed by atoms with E-state index in [-0.39, 0.29) is 17.7 Å². The Hall–Kier alpha value is -4.78. The summed E-state index contributed by atoms with van der Waals surface area (Å²) in [6, 6.07) is 10.0. The highest BCUT2D eigenvalue weighted by Crippen LogP contribution is 2.30. The van der Waals surface area contributed by atoms with Crippen molar-refractivity contribution in [2.75, 3.05) is 49.6 Å². The number of anilines is 3. The molecule has 12 heteroatoms. The third kappa shape index (κ3) is 5.39. The molecule has 0 aromatic carbocycles. The van der Waals surface area contributed by atoms with Crippen molar-refractivity contribution < 1.29 is 9.84 Å². The molecule has 2 N–H and O–H groups in total. The van der Waals surface area contributed by atoms with E-state index >= 15 is 0 Å². The molecule has 8 rings (SSSR count). The van der Waals surface area contributed by atoms with Crippen molar-refractivity contribution in [3.8, 4) is 16.9 Å². The second kappa shape index (κ2) is 12.3. The molecule has 1 aliphatic carbocycles. The van der Waals surface area contributed by atoms with Crippen molar-refractivity contribution in [3.63, 3.8) is 0 Å². The molecule has 48 heavy (non-hydrogen) atoms. The average Bonchev–Trinajstić information content (AvgIpc) is 3.45. The minimum atomic E-state index is -0.345. The molecule has 2 fully saturated rings. The van der Waals surface area contributed by atoms with Crippen LogP contribution in [0, 0.1) is 5.92 Å². The summed E-state index contributed by atoms with van der Waals surface area (Å²) in [5.41, 5.74) is 5.87. The Balaban J connectivity index is 1.07. The van der Waals surface area contributed by atoms with E-state index < -0.39 is 0 Å². The Labute approximate surface area is 277 Å². The number of nitrogens with zero attached hydrogens (tertiary/aromatic N) is 7. The van der Waals surface area contributed by atoms with Gasteiger partial charge in [0.25, 0.3) is 11.1 Å². The van der Waals surface area contributed by atoms with Crippen molar-refractivity contribution in [2.45, 2.75) is 38.8 Å². The summed E-state index contributed by atoms with van der Waals surface area (Å²) < 4.78 is 10.4. The smallest absolute Gasteiger partial charge is 0.280 e. The normalized spacial score (nSPS) is 18.6. The van der Waals surface area contributed by atoms with Crippen LogP contribution < -0.4 is 21.3 Å². The van der Waals surface area contributed by atoms with Gasteiger partial charge in [0.05, 0.1) is 37.7 Å². The van der Waals surface area contributed by atoms with Crippen molar-refractivity contribution in [3.05, 3.63) is 98.8 Å². The van der Waals surface area contributed by atoms with Gasteiger partial charge in [0.2, 0.25) is 0 Å². The van der Waals surface area contributed by atoms with Gasteiger partial charge in [-0.1, -0.05) is 6.92 Å². The molecule has 0 radical (unpaired) electrons. The lowest BCUT2D eigenvalue weighted by Crippen LogP contribution is -2.56. The standard InChI is InChI=1S/C36H40N8O4/c1-23-3-5-31-24(15-23)17-32-36(47)44(14-13-43(31)32)34-29(20-45)28(7-8-37-34)25-16-30(35(46)40(2)19-25)39-33-6-4-26(18-38-33)41-9-11-42(12-10-41)27-21-48-22-27/h4,6-8,13-14,16-19,23,27,45H,3,5,9-12,15,20-22H2,1-2H3,(H,38,39). The zero-order valence-corrected chi connectivity index (χ0v) is 27.3. The van der Waals surface area contributed by atoms with E-state index in [1.807, 2.05) is 35.0 Å². The summed E-state index contributed by atoms with van der Waals surface area (Å²) in [6.45, 7) is 7.43. The van der Waals surface area contributed by atoms with E-state index in [9.17, 15) is 14.7 Å². The van der Waals surface area contributed by atoms with E-state index in [0.717, 1.165) is 64.3 Å². The van der Waals surface area contributed by atoms with Crippen LogP contribution in [0.15, 0.2) is 70.9 Å². The zero-order chi connectivity index (χ0) is 32.9. The van der Waals surface area contributed by atoms with Gasteiger partial charge in [0.1, 0.15) is 22.8 Å². The van der Waals surface area contributed by atoms with Crippen LogP contribution in [-0.2, 0) is 31.2 Å². The molecule has 5 aromatic rings. The van der Waals surface area contributed by atoms with Gasteiger partial charge in [-0.3, -0.25) is 19.1 Å². The number of aromatic nitrogens is 5. The highest BCUT2D eigenvalue weighted by molar-refractivity contribution is 5.73. The second-order valence-electron chi connectivity index (χ2n) is 13.3. The first-order chi connectivity index (χ1) is 23.4. The lowest BCUT2D eigenvalue weighted by Gasteiger charge is -2.43. The Bertz CT molecular complexity index is 2110. The largest absolute Gasteiger partial charge is 0.392 e. The minimum Gasteiger partial charge on any atom is -0.392 e. The molecular weight excluding hydrogens is 608 g/mol. The number of aliphatic hydroxyl groups is 1. The Morgan fingerprint density at radius 2 is 1.85 bits per heavy atom. The van der Waals surface area contributed by atoms with Crippen LogP contribution in [0.25, 0.3) is 22.5 Å². The molecule has 3 aliphatic rings. The highest BCUT2D eigenvalue weighted by Gasteiger charge is 2.29. The number of nitrogens with one attached hydrogen (secondary N) is 1. The van der Waals surface area contributed by atoms with Crippen LogP contribution in [0.1, 0.15) is 30.2 Å². The van der Waals surface area contributed by atoms with Crippen LogP contribution in [0.5, 0.6) is 0 Å². The summed E-state index contributed by atoms with van der Waals surface area (Å²) in [7, 11) is 1.69. The maximum Gasteiger partial charge on any atom is 0.280 e. The predicted molar refractivity (Wildman–Crippen MR) is 184 cm³/mol. The van der Waals surface area contributed by atoms with E-state index in [4.69, 9.17) is 4.74 Å². The van der Waals surface area contributed by atoms with Gasteiger partial charge in [-0.2, -0.15) is 0 Å². The fourth-order valence-corrected chi connectivity index (χ4v) is 7.39. The lowest BCUT2D eigenvalue weighted by molar-refractivity contribution is -0.0660. The molecule has 0 bridgehead atoms. The SMILES string of the molecule is CC1CCc2c(cc3c(=O)n(-c4nccc(-c5cc(Nc6ccc(N7CCN(C8COC8)CC7)cn6)c(=O)n(C)c5)c4CO)ccn23)C1. The summed E-state index contributed by atoms with van der Waals surface area (Å²) in [5.74, 6) is 1.50. The van der Waals surface area contributed by atoms with Gasteiger partial charge >= 0.3 is 0 Å². The van der Waals surface area contributed by atoms with Gasteiger partial charge in [0.15, 0.2) is 0 Å². The molecule has 0 saturated carbocycles. The number of aliphatic hydroxyl groups excluding tert-OH is 1. The van der Waals surface area contributed by atoms with Crippen LogP contribution >= 0.6 is 0 Å². The molecule has 1 unspecified atom stereocenters. The van der Waals surface area contributed by atoms with E-state index in [1.54, 1.807) is 37.8 Å². The predicted octanol–water partition coefficient (Wildman–Crippen LogP) is 3.13. The van der Waals surface area contributed by atoms with E-state index in [2.05, 4.69) is 32.0 Å². The molecule has 248 valence electrons. The maximum absolute atomic E-state index is 13.8. The highest BCUT2D eigenvalue weighted by atomic mass is 16.5. The van der Waals surface area contributed by atoms with Crippen LogP contribution in [0.2, 0.25) is 0 Å². The van der Waals surface area contributed by atoms with Gasteiger partial charge in [-0.25, -0.2) is 9.97 Å². The summed E-state index contributed by atoms with van der Waals surface area (Å²) in [5, 5.41) is 13.8. The molecule has 2 aliphatic heterocycles. The maximum atomic E-state index is 13.8. The topological polar surface area (TPSA) is 122 Å². The Morgan fingerprint density at radius 3 is 2.58 bits per heavy atom. The van der Waals surface area contributed by atoms with Crippen LogP contribution in [0.3, 0.4) is 0 Å². The second-order valence-corrected chi connectivity index (χ2v) is 13.3. The Morgan fingerprint density at radius 1 is 1.02 bits per heavy atom. The molecule has 1 atom stereocenters. The molecule has 12 nitrogen and oxygen atoms in total. The van der Waals surface area contributed by atoms with Crippen LogP contribution in [-0.4, -0.2) is 78.9 Å². The first kappa shape index (κ1) is 30.5. The number of piperazine rings is 1. The van der Waals surface area contributed by atoms with Crippen molar-refractivity contribution in [2.24, 2.45) is 13.0 Å². The average molecular weight is 649 g/mol. The number of rotatable bonds is 7. The minimum absolute atomic E-state index is 0.189. The van der Waals surface area contributed by atoms with Gasteiger partial charge in [-0.15, -0.1) is 0 Å². The molecular formula is C36H40N8O4. The van der Waals surface area contributed by atoms with Crippen molar-refractivity contribution in [1.29, 1.82) is 0 Å². The quantitative estimate of drug-likeness (QED) is 0.274. The van der Waals surface area contributed by atoms with Gasteiger partial charge < -0.3 is 29.0 Å². The number of pyridine rings is 3. The lowest BCUT2D eigenvalue weighted by atomic mass is 9.89. The summed E-state index contributed by atoms with van der Waals surface area (Å²) in [4.78, 5) is 41.1. The first-order valence-corrected chi connectivity index (χ1v) is 16.7. The Kier molecular flexibility index (Phi) is 7.86. The molecule has 7 heterocycles. The fraction of sp³-hybridized carbons (Fsp3) is 0.389. The molecule has 0 spiro atoms. The zero-order valence-electron chi connectivity index (χ0n) is 27.3. The third-order valence-electron chi connectivity index (χ3n) is 10.2. The number of ether oxygens (including phenoxy) is 1. The molecule has 0 amide bonds. The number of hydrogen-bond donors (Lipinski definition) is 2. The van der Waals surface area contributed by atoms with Crippen molar-refractivity contribution >= 4 is 22.7 Å². The van der Waals surface area contributed by atoms with E-state index in [1.165, 1.54) is 20.4 Å². The number of hydrogen-bond acceptors (Lipinski definition) is 9. The van der Waals surface area contributed by atoms with Gasteiger partial charge in [0, 0.05) is 74.8 Å². The molecule has 2 saturated heterocycles. The number of fused-ring (bicyclic) bond motifs is 3. The van der Waals surface area contributed by atoms with Crippen LogP contribution in [0.4, 0.5) is 17.2 Å². The first-order valence-electron chi connectivity index (χ1n) is 16.7. The summed E-state index contributed by atoms with van der Waals surface area (Å²) in [6.07, 6.45) is 11.9. The molecule has 5 aromatic heterocycles. The fourth-order valence-electron chi connectivity index (χ4n) is 7.39. The van der Waals surface area contributed by atoms with Crippen molar-refractivity contribution in [1.82, 2.24) is 28.4 Å². The number of aryl methyl sites for hydroxylation is 2. The third-order valence-corrected chi connectivity index (χ3v) is 10.2. The van der Waals surface area contributed by atoms with E-state index in [0.29, 0.717) is 51.5 Å².